The molecule has 1 unspecified atom stereocenters. The Kier molecular flexibility index (Phi) is 4.27. The van der Waals surface area contributed by atoms with Gasteiger partial charge in [-0.05, 0) is 37.7 Å². The number of nitrogens with one attached hydrogen (secondary N) is 2. The van der Waals surface area contributed by atoms with Gasteiger partial charge in [0.1, 0.15) is 5.00 Å². The number of urea groups is 1. The number of anilines is 1. The number of amides is 2. The third-order valence-corrected chi connectivity index (χ3v) is 5.51. The lowest BCUT2D eigenvalue weighted by Gasteiger charge is -2.27. The average molecular weight is 310 g/mol. The monoisotopic (exact) mass is 310 g/mol. The third-order valence-electron chi connectivity index (χ3n) is 4.39. The molecular formula is C15H22N2O3S. The van der Waals surface area contributed by atoms with Gasteiger partial charge in [0, 0.05) is 10.9 Å². The number of carbonyl (C=O) groups is 2. The molecule has 0 radical (unpaired) electrons. The highest BCUT2D eigenvalue weighted by atomic mass is 32.1. The summed E-state index contributed by atoms with van der Waals surface area (Å²) >= 11 is 1.30. The van der Waals surface area contributed by atoms with Crippen molar-refractivity contribution in [3.8, 4) is 0 Å². The number of thiophene rings is 1. The molecule has 1 atom stereocenters. The molecule has 21 heavy (non-hydrogen) atoms. The SMILES string of the molecule is Cc1sc(NC(=O)NC2CCCC2(C)C)c(C(=O)O)c1C. The number of aromatic carboxylic acids is 1. The Hall–Kier alpha value is -1.56. The Morgan fingerprint density at radius 3 is 2.52 bits per heavy atom. The van der Waals surface area contributed by atoms with Crippen LogP contribution in [0.4, 0.5) is 9.80 Å². The fourth-order valence-electron chi connectivity index (χ4n) is 2.86. The maximum Gasteiger partial charge on any atom is 0.338 e. The van der Waals surface area contributed by atoms with E-state index in [0.29, 0.717) is 10.6 Å². The maximum absolute atomic E-state index is 12.1. The third kappa shape index (κ3) is 3.20. The van der Waals surface area contributed by atoms with Gasteiger partial charge in [-0.25, -0.2) is 9.59 Å². The summed E-state index contributed by atoms with van der Waals surface area (Å²) in [4.78, 5) is 24.4. The van der Waals surface area contributed by atoms with Gasteiger partial charge >= 0.3 is 12.0 Å². The molecule has 0 aromatic carbocycles. The molecule has 0 bridgehead atoms. The fraction of sp³-hybridized carbons (Fsp3) is 0.600. The largest absolute Gasteiger partial charge is 0.478 e. The van der Waals surface area contributed by atoms with E-state index in [9.17, 15) is 14.7 Å². The summed E-state index contributed by atoms with van der Waals surface area (Å²) in [6, 6.07) is -0.188. The van der Waals surface area contributed by atoms with Gasteiger partial charge in [0.25, 0.3) is 0 Å². The summed E-state index contributed by atoms with van der Waals surface area (Å²) in [5, 5.41) is 15.4. The lowest BCUT2D eigenvalue weighted by Crippen LogP contribution is -2.43. The number of hydrogen-bond acceptors (Lipinski definition) is 3. The van der Waals surface area contributed by atoms with Crippen LogP contribution in [0.15, 0.2) is 0 Å². The first-order chi connectivity index (χ1) is 9.72. The molecule has 1 aromatic rings. The number of aryl methyl sites for hydroxylation is 1. The van der Waals surface area contributed by atoms with Crippen LogP contribution in [-0.2, 0) is 0 Å². The summed E-state index contributed by atoms with van der Waals surface area (Å²) in [5.74, 6) is -1.01. The van der Waals surface area contributed by atoms with Gasteiger partial charge in [-0.2, -0.15) is 0 Å². The molecule has 6 heteroatoms. The van der Waals surface area contributed by atoms with Crippen molar-refractivity contribution >= 4 is 28.3 Å². The summed E-state index contributed by atoms with van der Waals surface area (Å²) in [6.45, 7) is 7.91. The number of carboxylic acids is 1. The minimum atomic E-state index is -1.01. The van der Waals surface area contributed by atoms with E-state index in [1.807, 2.05) is 6.92 Å². The molecule has 1 saturated carbocycles. The van der Waals surface area contributed by atoms with E-state index in [4.69, 9.17) is 0 Å². The molecule has 0 aliphatic heterocycles. The van der Waals surface area contributed by atoms with Crippen LogP contribution in [0, 0.1) is 19.3 Å². The van der Waals surface area contributed by atoms with E-state index in [1.165, 1.54) is 11.3 Å². The Bertz CT molecular complexity index is 578. The van der Waals surface area contributed by atoms with Crippen molar-refractivity contribution in [2.45, 2.75) is 53.0 Å². The van der Waals surface area contributed by atoms with E-state index in [1.54, 1.807) is 6.92 Å². The van der Waals surface area contributed by atoms with Gasteiger partial charge in [0.2, 0.25) is 0 Å². The summed E-state index contributed by atoms with van der Waals surface area (Å²) in [5.41, 5.74) is 0.996. The average Bonchev–Trinajstić information content (AvgIpc) is 2.80. The van der Waals surface area contributed by atoms with Crippen molar-refractivity contribution in [3.63, 3.8) is 0 Å². The lowest BCUT2D eigenvalue weighted by molar-refractivity contribution is 0.0697. The number of carboxylic acid groups (broad SMARTS) is 1. The van der Waals surface area contributed by atoms with Gasteiger partial charge in [0.05, 0.1) is 5.56 Å². The molecule has 0 spiro atoms. The first kappa shape index (κ1) is 15.8. The molecule has 3 N–H and O–H groups in total. The molecule has 2 rings (SSSR count). The molecule has 0 saturated heterocycles. The summed E-state index contributed by atoms with van der Waals surface area (Å²) in [7, 11) is 0. The molecule has 1 heterocycles. The normalized spacial score (nSPS) is 20.3. The Morgan fingerprint density at radius 1 is 1.33 bits per heavy atom. The van der Waals surface area contributed by atoms with Gasteiger partial charge in [-0.1, -0.05) is 20.3 Å². The molecule has 116 valence electrons. The quantitative estimate of drug-likeness (QED) is 0.795. The maximum atomic E-state index is 12.1. The molecule has 1 aromatic heterocycles. The Labute approximate surface area is 128 Å². The minimum Gasteiger partial charge on any atom is -0.478 e. The zero-order chi connectivity index (χ0) is 15.8. The van der Waals surface area contributed by atoms with Gasteiger partial charge in [-0.3, -0.25) is 5.32 Å². The molecule has 1 fully saturated rings. The predicted molar refractivity (Wildman–Crippen MR) is 84.3 cm³/mol. The van der Waals surface area contributed by atoms with E-state index in [0.717, 1.165) is 24.1 Å². The standard InChI is InChI=1S/C15H22N2O3S/c1-8-9(2)21-12(11(8)13(18)19)17-14(20)16-10-6-5-7-15(10,3)4/h10H,5-7H2,1-4H3,(H,18,19)(H2,16,17,20). The Morgan fingerprint density at radius 2 is 2.00 bits per heavy atom. The van der Waals surface area contributed by atoms with Gasteiger partial charge < -0.3 is 10.4 Å². The molecular weight excluding hydrogens is 288 g/mol. The second kappa shape index (κ2) is 5.67. The highest BCUT2D eigenvalue weighted by molar-refractivity contribution is 7.16. The minimum absolute atomic E-state index is 0.0915. The molecule has 5 nitrogen and oxygen atoms in total. The zero-order valence-electron chi connectivity index (χ0n) is 12.9. The zero-order valence-corrected chi connectivity index (χ0v) is 13.7. The van der Waals surface area contributed by atoms with Crippen molar-refractivity contribution in [1.29, 1.82) is 0 Å². The van der Waals surface area contributed by atoms with Crippen molar-refractivity contribution < 1.29 is 14.7 Å². The van der Waals surface area contributed by atoms with Crippen LogP contribution < -0.4 is 10.6 Å². The van der Waals surface area contributed by atoms with Crippen molar-refractivity contribution in [3.05, 3.63) is 16.0 Å². The first-order valence-corrected chi connectivity index (χ1v) is 7.95. The number of hydrogen-bond donors (Lipinski definition) is 3. The van der Waals surface area contributed by atoms with E-state index in [-0.39, 0.29) is 23.1 Å². The van der Waals surface area contributed by atoms with Crippen LogP contribution in [-0.4, -0.2) is 23.1 Å². The predicted octanol–water partition coefficient (Wildman–Crippen LogP) is 3.76. The fourth-order valence-corrected chi connectivity index (χ4v) is 3.91. The first-order valence-electron chi connectivity index (χ1n) is 7.13. The number of rotatable bonds is 3. The van der Waals surface area contributed by atoms with Crippen LogP contribution in [0.2, 0.25) is 0 Å². The Balaban J connectivity index is 2.10. The van der Waals surface area contributed by atoms with E-state index < -0.39 is 5.97 Å². The van der Waals surface area contributed by atoms with E-state index in [2.05, 4.69) is 24.5 Å². The van der Waals surface area contributed by atoms with Crippen LogP contribution in [0.3, 0.4) is 0 Å². The smallest absolute Gasteiger partial charge is 0.338 e. The summed E-state index contributed by atoms with van der Waals surface area (Å²) in [6.07, 6.45) is 3.17. The van der Waals surface area contributed by atoms with Crippen LogP contribution in [0.5, 0.6) is 0 Å². The lowest BCUT2D eigenvalue weighted by atomic mass is 9.87. The van der Waals surface area contributed by atoms with Crippen LogP contribution in [0.1, 0.15) is 53.9 Å². The van der Waals surface area contributed by atoms with Crippen molar-refractivity contribution in [2.24, 2.45) is 5.41 Å². The topological polar surface area (TPSA) is 78.4 Å². The van der Waals surface area contributed by atoms with Crippen molar-refractivity contribution in [1.82, 2.24) is 5.32 Å². The second-order valence-corrected chi connectivity index (χ2v) is 7.55. The molecule has 2 amide bonds. The molecule has 1 aliphatic carbocycles. The van der Waals surface area contributed by atoms with Gasteiger partial charge in [-0.15, -0.1) is 11.3 Å². The summed E-state index contributed by atoms with van der Waals surface area (Å²) < 4.78 is 0. The van der Waals surface area contributed by atoms with Gasteiger partial charge in [0.15, 0.2) is 0 Å². The number of carbonyl (C=O) groups excluding carboxylic acids is 1. The molecule has 1 aliphatic rings. The van der Waals surface area contributed by atoms with Crippen LogP contribution in [0.25, 0.3) is 0 Å². The highest BCUT2D eigenvalue weighted by Crippen LogP contribution is 2.37. The second-order valence-electron chi connectivity index (χ2n) is 6.32. The van der Waals surface area contributed by atoms with E-state index >= 15 is 0 Å². The van der Waals surface area contributed by atoms with Crippen molar-refractivity contribution in [2.75, 3.05) is 5.32 Å². The van der Waals surface area contributed by atoms with Crippen LogP contribution >= 0.6 is 11.3 Å². The highest BCUT2D eigenvalue weighted by Gasteiger charge is 2.35.